The molecule has 0 aliphatic heterocycles. The zero-order valence-corrected chi connectivity index (χ0v) is 18.5. The number of oxazole rings is 1. The first-order valence-electron chi connectivity index (χ1n) is 10.7. The van der Waals surface area contributed by atoms with Gasteiger partial charge in [-0.15, -0.1) is 0 Å². The van der Waals surface area contributed by atoms with Gasteiger partial charge in [0, 0.05) is 12.0 Å². The number of halogens is 1. The van der Waals surface area contributed by atoms with Crippen LogP contribution in [0.5, 0.6) is 5.75 Å². The third-order valence-corrected chi connectivity index (χ3v) is 5.39. The smallest absolute Gasteiger partial charge is 0.307 e. The number of carbonyl (C=O) groups is 1. The van der Waals surface area contributed by atoms with Crippen molar-refractivity contribution in [1.29, 1.82) is 0 Å². The fourth-order valence-corrected chi connectivity index (χ4v) is 3.60. The number of hydrogen-bond acceptors (Lipinski definition) is 4. The van der Waals surface area contributed by atoms with Crippen molar-refractivity contribution in [2.24, 2.45) is 0 Å². The van der Waals surface area contributed by atoms with Gasteiger partial charge in [-0.25, -0.2) is 9.37 Å². The Hall–Kier alpha value is -3.93. The van der Waals surface area contributed by atoms with E-state index in [1.807, 2.05) is 50.2 Å². The lowest BCUT2D eigenvalue weighted by Gasteiger charge is -2.10. The van der Waals surface area contributed by atoms with E-state index in [1.54, 1.807) is 18.2 Å². The summed E-state index contributed by atoms with van der Waals surface area (Å²) in [5.74, 6) is 0.769. The minimum absolute atomic E-state index is 0.0413. The number of nitrogens with zero attached hydrogens (tertiary/aromatic N) is 1. The minimum Gasteiger partial charge on any atom is -0.493 e. The molecule has 1 heterocycles. The Balaban J connectivity index is 1.42. The molecule has 0 saturated carbocycles. The van der Waals surface area contributed by atoms with Crippen molar-refractivity contribution in [1.82, 2.24) is 4.98 Å². The SMILES string of the molecule is Cc1ccc(CC(=O)O)cc1OCCc1nc(-c2ccc(-c3cccc(F)c3)cc2)oc1C. The second-order valence-electron chi connectivity index (χ2n) is 7.88. The van der Waals surface area contributed by atoms with E-state index in [2.05, 4.69) is 4.98 Å². The van der Waals surface area contributed by atoms with Gasteiger partial charge in [0.15, 0.2) is 0 Å². The molecule has 0 aliphatic rings. The van der Waals surface area contributed by atoms with Crippen LogP contribution < -0.4 is 4.74 Å². The van der Waals surface area contributed by atoms with E-state index in [0.717, 1.165) is 33.7 Å². The van der Waals surface area contributed by atoms with E-state index >= 15 is 0 Å². The molecule has 3 aromatic carbocycles. The van der Waals surface area contributed by atoms with Crippen molar-refractivity contribution in [3.63, 3.8) is 0 Å². The number of aliphatic carboxylic acids is 1. The molecule has 0 aliphatic carbocycles. The van der Waals surface area contributed by atoms with Gasteiger partial charge in [0.2, 0.25) is 5.89 Å². The van der Waals surface area contributed by atoms with Crippen LogP contribution in [-0.4, -0.2) is 22.7 Å². The topological polar surface area (TPSA) is 72.6 Å². The van der Waals surface area contributed by atoms with Gasteiger partial charge < -0.3 is 14.3 Å². The van der Waals surface area contributed by atoms with Crippen molar-refractivity contribution in [3.8, 4) is 28.3 Å². The molecule has 5 nitrogen and oxygen atoms in total. The molecular weight excluding hydrogens is 421 g/mol. The summed E-state index contributed by atoms with van der Waals surface area (Å²) < 4.78 is 25.3. The molecule has 168 valence electrons. The summed E-state index contributed by atoms with van der Waals surface area (Å²) in [4.78, 5) is 15.6. The molecule has 0 spiro atoms. The van der Waals surface area contributed by atoms with Crippen molar-refractivity contribution in [2.45, 2.75) is 26.7 Å². The number of ether oxygens (including phenoxy) is 1. The number of aryl methyl sites for hydroxylation is 2. The number of carboxylic acids is 1. The van der Waals surface area contributed by atoms with Crippen molar-refractivity contribution >= 4 is 5.97 Å². The predicted octanol–water partition coefficient (Wildman–Crippen LogP) is 6.01. The van der Waals surface area contributed by atoms with Gasteiger partial charge in [-0.3, -0.25) is 4.79 Å². The van der Waals surface area contributed by atoms with Crippen molar-refractivity contribution in [3.05, 3.63) is 95.1 Å². The molecular formula is C27H24FNO4. The highest BCUT2D eigenvalue weighted by molar-refractivity contribution is 5.70. The summed E-state index contributed by atoms with van der Waals surface area (Å²) in [6.45, 7) is 4.18. The molecule has 4 rings (SSSR count). The molecule has 4 aromatic rings. The van der Waals surface area contributed by atoms with Gasteiger partial charge in [0.05, 0.1) is 18.7 Å². The van der Waals surface area contributed by atoms with Gasteiger partial charge >= 0.3 is 5.97 Å². The zero-order chi connectivity index (χ0) is 23.4. The maximum Gasteiger partial charge on any atom is 0.307 e. The Morgan fingerprint density at radius 2 is 1.76 bits per heavy atom. The Bertz CT molecular complexity index is 1280. The molecule has 0 fully saturated rings. The Kier molecular flexibility index (Phi) is 6.54. The third-order valence-electron chi connectivity index (χ3n) is 5.39. The van der Waals surface area contributed by atoms with E-state index < -0.39 is 5.97 Å². The fraction of sp³-hybridized carbons (Fsp3) is 0.185. The maximum absolute atomic E-state index is 13.5. The molecule has 0 saturated heterocycles. The largest absolute Gasteiger partial charge is 0.493 e. The van der Waals surface area contributed by atoms with Crippen LogP contribution in [0.15, 0.2) is 71.1 Å². The standard InChI is InChI=1S/C27H24FNO4/c1-17-6-7-19(15-26(30)31)14-25(17)32-13-12-24-18(2)33-27(29-24)21-10-8-20(9-11-21)22-4-3-5-23(28)16-22/h3-11,14,16H,12-13,15H2,1-2H3,(H,30,31). The van der Waals surface area contributed by atoms with E-state index in [1.165, 1.54) is 12.1 Å². The Labute approximate surface area is 191 Å². The number of hydrogen-bond donors (Lipinski definition) is 1. The highest BCUT2D eigenvalue weighted by Gasteiger charge is 2.13. The average Bonchev–Trinajstić information content (AvgIpc) is 3.16. The fourth-order valence-electron chi connectivity index (χ4n) is 3.60. The second kappa shape index (κ2) is 9.69. The summed E-state index contributed by atoms with van der Waals surface area (Å²) in [5.41, 5.74) is 5.01. The Morgan fingerprint density at radius 1 is 1.00 bits per heavy atom. The molecule has 0 bridgehead atoms. The summed E-state index contributed by atoms with van der Waals surface area (Å²) in [5, 5.41) is 8.99. The first-order valence-corrected chi connectivity index (χ1v) is 10.7. The highest BCUT2D eigenvalue weighted by atomic mass is 19.1. The molecule has 33 heavy (non-hydrogen) atoms. The normalized spacial score (nSPS) is 10.9. The lowest BCUT2D eigenvalue weighted by Crippen LogP contribution is -2.05. The molecule has 1 N–H and O–H groups in total. The van der Waals surface area contributed by atoms with E-state index in [0.29, 0.717) is 30.2 Å². The third kappa shape index (κ3) is 5.47. The molecule has 1 aromatic heterocycles. The van der Waals surface area contributed by atoms with Crippen LogP contribution in [0.2, 0.25) is 0 Å². The first-order chi connectivity index (χ1) is 15.9. The maximum atomic E-state index is 13.5. The molecule has 0 amide bonds. The van der Waals surface area contributed by atoms with Gasteiger partial charge in [0.1, 0.15) is 17.3 Å². The quantitative estimate of drug-likeness (QED) is 0.359. The lowest BCUT2D eigenvalue weighted by atomic mass is 10.0. The molecule has 0 radical (unpaired) electrons. The monoisotopic (exact) mass is 445 g/mol. The highest BCUT2D eigenvalue weighted by Crippen LogP contribution is 2.27. The predicted molar refractivity (Wildman–Crippen MR) is 124 cm³/mol. The Morgan fingerprint density at radius 3 is 2.48 bits per heavy atom. The number of benzene rings is 3. The van der Waals surface area contributed by atoms with Crippen LogP contribution in [0.25, 0.3) is 22.6 Å². The van der Waals surface area contributed by atoms with Crippen LogP contribution in [0.3, 0.4) is 0 Å². The molecule has 0 unspecified atom stereocenters. The van der Waals surface area contributed by atoms with E-state index in [-0.39, 0.29) is 12.2 Å². The second-order valence-corrected chi connectivity index (χ2v) is 7.88. The van der Waals surface area contributed by atoms with Gasteiger partial charge in [0.25, 0.3) is 0 Å². The van der Waals surface area contributed by atoms with Gasteiger partial charge in [-0.2, -0.15) is 0 Å². The average molecular weight is 445 g/mol. The van der Waals surface area contributed by atoms with Crippen LogP contribution >= 0.6 is 0 Å². The van der Waals surface area contributed by atoms with Crippen molar-refractivity contribution in [2.75, 3.05) is 6.61 Å². The number of rotatable bonds is 8. The van der Waals surface area contributed by atoms with Crippen LogP contribution in [-0.2, 0) is 17.6 Å². The van der Waals surface area contributed by atoms with Crippen molar-refractivity contribution < 1.29 is 23.4 Å². The lowest BCUT2D eigenvalue weighted by molar-refractivity contribution is -0.136. The van der Waals surface area contributed by atoms with Crippen LogP contribution in [0, 0.1) is 19.7 Å². The van der Waals surface area contributed by atoms with Crippen LogP contribution in [0.1, 0.15) is 22.6 Å². The van der Waals surface area contributed by atoms with E-state index in [9.17, 15) is 9.18 Å². The summed E-state index contributed by atoms with van der Waals surface area (Å²) in [7, 11) is 0. The first kappa shape index (κ1) is 22.3. The number of carboxylic acid groups (broad SMARTS) is 1. The number of aromatic nitrogens is 1. The van der Waals surface area contributed by atoms with Gasteiger partial charge in [-0.1, -0.05) is 36.4 Å². The van der Waals surface area contributed by atoms with Crippen LogP contribution in [0.4, 0.5) is 4.39 Å². The summed E-state index contributed by atoms with van der Waals surface area (Å²) >= 11 is 0. The van der Waals surface area contributed by atoms with Gasteiger partial charge in [-0.05, 0) is 66.4 Å². The summed E-state index contributed by atoms with van der Waals surface area (Å²) in [6, 6.07) is 19.5. The molecule has 0 atom stereocenters. The molecule has 6 heteroatoms. The zero-order valence-electron chi connectivity index (χ0n) is 18.5. The van der Waals surface area contributed by atoms with E-state index in [4.69, 9.17) is 14.3 Å². The summed E-state index contributed by atoms with van der Waals surface area (Å²) in [6.07, 6.45) is 0.514. The minimum atomic E-state index is -0.875.